The number of urea groups is 1. The van der Waals surface area contributed by atoms with Gasteiger partial charge >= 0.3 is 6.03 Å². The van der Waals surface area contributed by atoms with Gasteiger partial charge < -0.3 is 21.3 Å². The number of anilines is 1. The molecule has 0 bridgehead atoms. The van der Waals surface area contributed by atoms with Crippen LogP contribution in [0.4, 0.5) is 10.5 Å². The molecule has 1 rings (SSSR count). The van der Waals surface area contributed by atoms with Crippen LogP contribution < -0.4 is 21.3 Å². The lowest BCUT2D eigenvalue weighted by Gasteiger charge is -2.13. The first-order chi connectivity index (χ1) is 10.0. The first kappa shape index (κ1) is 20.2. The Bertz CT molecular complexity index is 480. The first-order valence-corrected chi connectivity index (χ1v) is 7.14. The highest BCUT2D eigenvalue weighted by molar-refractivity contribution is 6.03. The van der Waals surface area contributed by atoms with Crippen LogP contribution in [-0.4, -0.2) is 38.1 Å². The van der Waals surface area contributed by atoms with E-state index in [0.717, 1.165) is 13.0 Å². The van der Waals surface area contributed by atoms with E-state index in [9.17, 15) is 9.59 Å². The number of carbonyl (C=O) groups is 2. The van der Waals surface area contributed by atoms with E-state index in [1.165, 1.54) is 0 Å². The molecule has 0 aliphatic carbocycles. The van der Waals surface area contributed by atoms with Crippen molar-refractivity contribution in [2.24, 2.45) is 0 Å². The summed E-state index contributed by atoms with van der Waals surface area (Å²) in [6, 6.07) is 6.67. The number of para-hydroxylation sites is 1. The van der Waals surface area contributed by atoms with Gasteiger partial charge in [0.15, 0.2) is 0 Å². The monoisotopic (exact) mass is 328 g/mol. The molecule has 0 unspecified atom stereocenters. The molecule has 0 aliphatic heterocycles. The van der Waals surface area contributed by atoms with Crippen molar-refractivity contribution in [1.29, 1.82) is 0 Å². The van der Waals surface area contributed by atoms with Crippen LogP contribution in [0.15, 0.2) is 24.3 Å². The molecule has 4 N–H and O–H groups in total. The average molecular weight is 329 g/mol. The van der Waals surface area contributed by atoms with Crippen LogP contribution in [0, 0.1) is 0 Å². The second kappa shape index (κ2) is 10.9. The Labute approximate surface area is 137 Å². The minimum atomic E-state index is -0.319. The lowest BCUT2D eigenvalue weighted by atomic mass is 10.1. The van der Waals surface area contributed by atoms with Crippen LogP contribution in [-0.2, 0) is 0 Å². The van der Waals surface area contributed by atoms with E-state index >= 15 is 0 Å². The normalized spacial score (nSPS) is 9.82. The van der Waals surface area contributed by atoms with Crippen LogP contribution >= 0.6 is 12.4 Å². The average Bonchev–Trinajstić information content (AvgIpc) is 2.43. The van der Waals surface area contributed by atoms with Gasteiger partial charge in [0.05, 0.1) is 11.3 Å². The quantitative estimate of drug-likeness (QED) is 0.578. The topological polar surface area (TPSA) is 82.3 Å². The van der Waals surface area contributed by atoms with Crippen molar-refractivity contribution in [2.45, 2.75) is 26.3 Å². The summed E-state index contributed by atoms with van der Waals surface area (Å²) in [4.78, 5) is 23.9. The molecular formula is C15H25ClN4O2. The minimum absolute atomic E-state index is 0. The number of rotatable bonds is 7. The van der Waals surface area contributed by atoms with Crippen LogP contribution in [0.5, 0.6) is 0 Å². The molecule has 0 saturated heterocycles. The van der Waals surface area contributed by atoms with Gasteiger partial charge in [-0.3, -0.25) is 4.79 Å². The molecule has 0 atom stereocenters. The molecule has 0 aliphatic rings. The highest BCUT2D eigenvalue weighted by atomic mass is 35.5. The maximum atomic E-state index is 12.1. The summed E-state index contributed by atoms with van der Waals surface area (Å²) in [6.45, 7) is 5.18. The number of carbonyl (C=O) groups excluding carboxylic acids is 2. The lowest BCUT2D eigenvalue weighted by Crippen LogP contribution is -2.35. The molecule has 0 saturated carbocycles. The van der Waals surface area contributed by atoms with Crippen molar-refractivity contribution < 1.29 is 9.59 Å². The maximum Gasteiger partial charge on any atom is 0.319 e. The Hall–Kier alpha value is -1.79. The summed E-state index contributed by atoms with van der Waals surface area (Å²) in [5.74, 6) is -0.188. The number of amides is 3. The van der Waals surface area contributed by atoms with Crippen LogP contribution in [0.25, 0.3) is 0 Å². The molecule has 22 heavy (non-hydrogen) atoms. The Morgan fingerprint density at radius 3 is 2.45 bits per heavy atom. The Morgan fingerprint density at radius 2 is 1.82 bits per heavy atom. The molecule has 6 nitrogen and oxygen atoms in total. The highest BCUT2D eigenvalue weighted by Crippen LogP contribution is 2.14. The summed E-state index contributed by atoms with van der Waals surface area (Å²) < 4.78 is 0. The van der Waals surface area contributed by atoms with Gasteiger partial charge in [-0.25, -0.2) is 4.79 Å². The third-order valence-corrected chi connectivity index (χ3v) is 2.73. The van der Waals surface area contributed by atoms with Gasteiger partial charge in [-0.1, -0.05) is 12.1 Å². The molecular weight excluding hydrogens is 304 g/mol. The van der Waals surface area contributed by atoms with Crippen molar-refractivity contribution in [1.82, 2.24) is 16.0 Å². The number of benzene rings is 1. The number of halogens is 1. The zero-order chi connectivity index (χ0) is 15.7. The summed E-state index contributed by atoms with van der Waals surface area (Å²) in [5.41, 5.74) is 0.961. The molecule has 1 aromatic rings. The fraction of sp³-hybridized carbons (Fsp3) is 0.467. The van der Waals surface area contributed by atoms with E-state index in [2.05, 4.69) is 21.3 Å². The van der Waals surface area contributed by atoms with Crippen molar-refractivity contribution in [3.63, 3.8) is 0 Å². The van der Waals surface area contributed by atoms with E-state index in [1.54, 1.807) is 24.3 Å². The largest absolute Gasteiger partial charge is 0.352 e. The van der Waals surface area contributed by atoms with Gasteiger partial charge in [-0.15, -0.1) is 12.4 Å². The summed E-state index contributed by atoms with van der Waals surface area (Å²) in [5, 5.41) is 11.3. The lowest BCUT2D eigenvalue weighted by molar-refractivity contribution is 0.0954. The van der Waals surface area contributed by atoms with Gasteiger partial charge in [0.1, 0.15) is 0 Å². The first-order valence-electron chi connectivity index (χ1n) is 7.14. The second-order valence-electron chi connectivity index (χ2n) is 5.01. The number of hydrogen-bond donors (Lipinski definition) is 4. The predicted octanol–water partition coefficient (Wildman–Crippen LogP) is 1.98. The van der Waals surface area contributed by atoms with E-state index < -0.39 is 0 Å². The summed E-state index contributed by atoms with van der Waals surface area (Å²) >= 11 is 0. The van der Waals surface area contributed by atoms with Crippen molar-refractivity contribution >= 4 is 30.0 Å². The predicted molar refractivity (Wildman–Crippen MR) is 91.9 cm³/mol. The highest BCUT2D eigenvalue weighted by Gasteiger charge is 2.12. The molecule has 0 heterocycles. The third-order valence-electron chi connectivity index (χ3n) is 2.73. The van der Waals surface area contributed by atoms with E-state index in [1.807, 2.05) is 20.9 Å². The fourth-order valence-electron chi connectivity index (χ4n) is 1.77. The van der Waals surface area contributed by atoms with Crippen molar-refractivity contribution in [2.75, 3.05) is 25.5 Å². The van der Waals surface area contributed by atoms with Gasteiger partial charge in [0.2, 0.25) is 0 Å². The van der Waals surface area contributed by atoms with E-state index in [0.29, 0.717) is 17.8 Å². The molecule has 0 spiro atoms. The number of hydrogen-bond acceptors (Lipinski definition) is 3. The standard InChI is InChI=1S/C15H24N4O2.ClH/c1-11(2)18-15(21)19-13-8-5-4-7-12(13)14(20)17-10-6-9-16-3;/h4-5,7-8,11,16H,6,9-10H2,1-3H3,(H,17,20)(H2,18,19,21);1H. The SMILES string of the molecule is CNCCCNC(=O)c1ccccc1NC(=O)NC(C)C.Cl. The van der Waals surface area contributed by atoms with Gasteiger partial charge in [-0.2, -0.15) is 0 Å². The number of nitrogens with one attached hydrogen (secondary N) is 4. The second-order valence-corrected chi connectivity index (χ2v) is 5.01. The summed E-state index contributed by atoms with van der Waals surface area (Å²) in [7, 11) is 1.87. The zero-order valence-corrected chi connectivity index (χ0v) is 14.0. The zero-order valence-electron chi connectivity index (χ0n) is 13.2. The molecule has 0 fully saturated rings. The molecule has 7 heteroatoms. The van der Waals surface area contributed by atoms with Crippen LogP contribution in [0.1, 0.15) is 30.6 Å². The molecule has 3 amide bonds. The minimum Gasteiger partial charge on any atom is -0.352 e. The molecule has 0 aromatic heterocycles. The third kappa shape index (κ3) is 7.28. The van der Waals surface area contributed by atoms with E-state index in [4.69, 9.17) is 0 Å². The molecule has 124 valence electrons. The smallest absolute Gasteiger partial charge is 0.319 e. The molecule has 1 aromatic carbocycles. The van der Waals surface area contributed by atoms with Crippen LogP contribution in [0.3, 0.4) is 0 Å². The van der Waals surface area contributed by atoms with Gasteiger partial charge in [-0.05, 0) is 46.0 Å². The Balaban J connectivity index is 0.00000441. The maximum absolute atomic E-state index is 12.1. The van der Waals surface area contributed by atoms with Gasteiger partial charge in [0, 0.05) is 12.6 Å². The summed E-state index contributed by atoms with van der Waals surface area (Å²) in [6.07, 6.45) is 0.853. The van der Waals surface area contributed by atoms with Gasteiger partial charge in [0.25, 0.3) is 5.91 Å². The van der Waals surface area contributed by atoms with E-state index in [-0.39, 0.29) is 30.4 Å². The Morgan fingerprint density at radius 1 is 1.14 bits per heavy atom. The molecule has 0 radical (unpaired) electrons. The fourth-order valence-corrected chi connectivity index (χ4v) is 1.77. The van der Waals surface area contributed by atoms with Crippen LogP contribution in [0.2, 0.25) is 0 Å². The Kier molecular flexibility index (Phi) is 9.98. The van der Waals surface area contributed by atoms with Crippen molar-refractivity contribution in [3.05, 3.63) is 29.8 Å². The van der Waals surface area contributed by atoms with Crippen molar-refractivity contribution in [3.8, 4) is 0 Å².